The van der Waals surface area contributed by atoms with Gasteiger partial charge in [0, 0.05) is 42.4 Å². The van der Waals surface area contributed by atoms with Crippen molar-refractivity contribution in [3.05, 3.63) is 82.9 Å². The molecule has 2 fully saturated rings. The van der Waals surface area contributed by atoms with Crippen LogP contribution in [0.5, 0.6) is 17.2 Å². The highest BCUT2D eigenvalue weighted by Crippen LogP contribution is 2.32. The van der Waals surface area contributed by atoms with Crippen LogP contribution in [0.15, 0.2) is 60.7 Å². The Morgan fingerprint density at radius 1 is 0.923 bits per heavy atom. The smallest absolute Gasteiger partial charge is 0.262 e. The van der Waals surface area contributed by atoms with Gasteiger partial charge in [0.2, 0.25) is 5.91 Å². The summed E-state index contributed by atoms with van der Waals surface area (Å²) < 4.78 is 18.2. The number of hydrogen-bond donors (Lipinski definition) is 3. The first-order valence-electron chi connectivity index (χ1n) is 17.9. The van der Waals surface area contributed by atoms with Crippen molar-refractivity contribution in [1.29, 1.82) is 0 Å². The van der Waals surface area contributed by atoms with Crippen molar-refractivity contribution in [2.45, 2.75) is 64.3 Å². The SMILES string of the molecule is CC(C)CCNC(=O)c1cc2cc(c1)C(=O)N(C1CC1)CC(=O)N[C@@H]1CN(C(=O)c3ccc4c(c3)OCC(=O)N4)CC[C@@H]1OCc1cccc(c1)O2. The number of rotatable bonds is 6. The number of amides is 5. The van der Waals surface area contributed by atoms with E-state index in [4.69, 9.17) is 14.2 Å². The minimum Gasteiger partial charge on any atom is -0.482 e. The summed E-state index contributed by atoms with van der Waals surface area (Å²) >= 11 is 0. The average molecular weight is 710 g/mol. The van der Waals surface area contributed by atoms with Crippen molar-refractivity contribution in [3.8, 4) is 17.2 Å². The molecule has 4 bridgehead atoms. The van der Waals surface area contributed by atoms with Crippen LogP contribution in [0, 0.1) is 5.92 Å². The predicted molar refractivity (Wildman–Crippen MR) is 190 cm³/mol. The lowest BCUT2D eigenvalue weighted by Crippen LogP contribution is -2.58. The van der Waals surface area contributed by atoms with E-state index >= 15 is 0 Å². The number of nitrogens with one attached hydrogen (secondary N) is 3. The number of carbonyl (C=O) groups excluding carboxylic acids is 5. The molecule has 5 amide bonds. The Morgan fingerprint density at radius 2 is 1.77 bits per heavy atom. The first-order chi connectivity index (χ1) is 25.1. The summed E-state index contributed by atoms with van der Waals surface area (Å²) in [5.74, 6) is 0.108. The van der Waals surface area contributed by atoms with Crippen molar-refractivity contribution < 1.29 is 38.2 Å². The molecule has 3 aromatic carbocycles. The monoisotopic (exact) mass is 709 g/mol. The number of anilines is 1. The average Bonchev–Trinajstić information content (AvgIpc) is 3.98. The molecular formula is C39H43N5O8. The molecule has 1 saturated carbocycles. The molecular weight excluding hydrogens is 666 g/mol. The van der Waals surface area contributed by atoms with E-state index in [1.54, 1.807) is 52.3 Å². The van der Waals surface area contributed by atoms with E-state index in [0.29, 0.717) is 53.9 Å². The zero-order chi connectivity index (χ0) is 36.4. The molecule has 7 rings (SSSR count). The van der Waals surface area contributed by atoms with Crippen molar-refractivity contribution in [3.63, 3.8) is 0 Å². The van der Waals surface area contributed by atoms with Crippen LogP contribution in [0.25, 0.3) is 0 Å². The fraction of sp³-hybridized carbons (Fsp3) is 0.410. The van der Waals surface area contributed by atoms with E-state index in [9.17, 15) is 24.0 Å². The highest BCUT2D eigenvalue weighted by Gasteiger charge is 2.38. The molecule has 0 spiro atoms. The minimum absolute atomic E-state index is 0.116. The van der Waals surface area contributed by atoms with Gasteiger partial charge in [-0.15, -0.1) is 0 Å². The third-order valence-electron chi connectivity index (χ3n) is 9.63. The molecule has 2 atom stereocenters. The lowest BCUT2D eigenvalue weighted by molar-refractivity contribution is -0.125. The Kier molecular flexibility index (Phi) is 10.1. The van der Waals surface area contributed by atoms with Gasteiger partial charge < -0.3 is 40.0 Å². The number of fused-ring (bicyclic) bond motifs is 6. The summed E-state index contributed by atoms with van der Waals surface area (Å²) in [6, 6.07) is 16.4. The maximum absolute atomic E-state index is 14.1. The quantitative estimate of drug-likeness (QED) is 0.346. The zero-order valence-corrected chi connectivity index (χ0v) is 29.3. The second kappa shape index (κ2) is 15.0. The van der Waals surface area contributed by atoms with Crippen LogP contribution in [0.4, 0.5) is 5.69 Å². The van der Waals surface area contributed by atoms with Crippen LogP contribution in [-0.2, 0) is 20.9 Å². The lowest BCUT2D eigenvalue weighted by atomic mass is 10.00. The Labute approximate surface area is 302 Å². The third kappa shape index (κ3) is 8.20. The second-order valence-corrected chi connectivity index (χ2v) is 14.2. The summed E-state index contributed by atoms with van der Waals surface area (Å²) in [7, 11) is 0. The molecule has 52 heavy (non-hydrogen) atoms. The number of nitrogens with zero attached hydrogens (tertiary/aromatic N) is 2. The van der Waals surface area contributed by atoms with Gasteiger partial charge >= 0.3 is 0 Å². The number of benzene rings is 3. The summed E-state index contributed by atoms with van der Waals surface area (Å²) in [5, 5.41) is 8.76. The molecule has 13 heteroatoms. The highest BCUT2D eigenvalue weighted by atomic mass is 16.5. The Hall–Kier alpha value is -5.43. The number of piperidine rings is 1. The third-order valence-corrected chi connectivity index (χ3v) is 9.63. The number of ether oxygens (including phenoxy) is 3. The van der Waals surface area contributed by atoms with E-state index < -0.39 is 12.1 Å². The van der Waals surface area contributed by atoms with Crippen molar-refractivity contribution in [1.82, 2.24) is 20.4 Å². The van der Waals surface area contributed by atoms with Crippen LogP contribution < -0.4 is 25.4 Å². The van der Waals surface area contributed by atoms with Gasteiger partial charge in [0.05, 0.1) is 24.4 Å². The van der Waals surface area contributed by atoms with E-state index in [-0.39, 0.29) is 73.0 Å². The maximum atomic E-state index is 14.1. The highest BCUT2D eigenvalue weighted by molar-refractivity contribution is 6.02. The van der Waals surface area contributed by atoms with E-state index in [0.717, 1.165) is 24.8 Å². The van der Waals surface area contributed by atoms with Gasteiger partial charge in [-0.25, -0.2) is 0 Å². The van der Waals surface area contributed by atoms with Crippen molar-refractivity contribution in [2.75, 3.05) is 38.1 Å². The Morgan fingerprint density at radius 3 is 2.58 bits per heavy atom. The fourth-order valence-corrected chi connectivity index (χ4v) is 6.70. The minimum atomic E-state index is -0.564. The molecule has 272 valence electrons. The van der Waals surface area contributed by atoms with Gasteiger partial charge in [0.1, 0.15) is 23.8 Å². The van der Waals surface area contributed by atoms with Gasteiger partial charge in [-0.3, -0.25) is 24.0 Å². The van der Waals surface area contributed by atoms with Gasteiger partial charge in [0.25, 0.3) is 23.6 Å². The molecule has 0 unspecified atom stereocenters. The molecule has 3 heterocycles. The molecule has 3 N–H and O–H groups in total. The van der Waals surface area contributed by atoms with Crippen LogP contribution in [0.1, 0.15) is 76.2 Å². The Balaban J connectivity index is 1.15. The number of likely N-dealkylation sites (tertiary alicyclic amines) is 1. The fourth-order valence-electron chi connectivity index (χ4n) is 6.70. The molecule has 1 saturated heterocycles. The van der Waals surface area contributed by atoms with E-state index in [1.165, 1.54) is 0 Å². The van der Waals surface area contributed by atoms with Gasteiger partial charge in [-0.05, 0) is 85.7 Å². The largest absolute Gasteiger partial charge is 0.482 e. The van der Waals surface area contributed by atoms with E-state index in [2.05, 4.69) is 29.8 Å². The molecule has 1 aliphatic carbocycles. The molecule has 3 aliphatic heterocycles. The molecule has 3 aromatic rings. The summed E-state index contributed by atoms with van der Waals surface area (Å²) in [6.07, 6.45) is 2.38. The van der Waals surface area contributed by atoms with Crippen molar-refractivity contribution >= 4 is 35.2 Å². The normalized spacial score (nSPS) is 20.5. The topological polar surface area (TPSA) is 156 Å². The molecule has 0 aromatic heterocycles. The second-order valence-electron chi connectivity index (χ2n) is 14.2. The molecule has 4 aliphatic rings. The van der Waals surface area contributed by atoms with Crippen LogP contribution in [-0.4, -0.2) is 90.3 Å². The lowest BCUT2D eigenvalue weighted by Gasteiger charge is -2.39. The maximum Gasteiger partial charge on any atom is 0.262 e. The number of carbonyl (C=O) groups is 5. The van der Waals surface area contributed by atoms with E-state index in [1.807, 2.05) is 18.2 Å². The first-order valence-corrected chi connectivity index (χ1v) is 17.9. The molecule has 0 radical (unpaired) electrons. The van der Waals surface area contributed by atoms with Crippen LogP contribution >= 0.6 is 0 Å². The van der Waals surface area contributed by atoms with Crippen LogP contribution in [0.2, 0.25) is 0 Å². The summed E-state index contributed by atoms with van der Waals surface area (Å²) in [4.78, 5) is 69.8. The van der Waals surface area contributed by atoms with Gasteiger partial charge in [-0.2, -0.15) is 0 Å². The molecule has 13 nitrogen and oxygen atoms in total. The van der Waals surface area contributed by atoms with Gasteiger partial charge in [-0.1, -0.05) is 26.0 Å². The summed E-state index contributed by atoms with van der Waals surface area (Å²) in [6.45, 7) is 5.13. The van der Waals surface area contributed by atoms with Gasteiger partial charge in [0.15, 0.2) is 6.61 Å². The predicted octanol–water partition coefficient (Wildman–Crippen LogP) is 4.12. The van der Waals surface area contributed by atoms with Crippen LogP contribution in [0.3, 0.4) is 0 Å². The first kappa shape index (κ1) is 35.0. The number of hydrogen-bond acceptors (Lipinski definition) is 8. The summed E-state index contributed by atoms with van der Waals surface area (Å²) in [5.41, 5.74) is 2.26. The Bertz CT molecular complexity index is 1890. The standard InChI is InChI=1S/C39H43N5O8/c1-23(2)10-12-40-37(47)26-15-27-17-30(16-26)52-29-5-3-4-24(14-29)21-50-33-11-13-43(19-32(33)42-35(45)20-44(39(27)49)28-7-8-28)38(48)25-6-9-31-34(18-25)51-22-36(46)41-31/h3-6,9,14-18,23,28,32-33H,7-8,10-13,19-22H2,1-2H3,(H,40,47)(H,41,46)(H,42,45)/t32-,33+/m1/s1. The zero-order valence-electron chi connectivity index (χ0n) is 29.3. The van der Waals surface area contributed by atoms with Crippen molar-refractivity contribution in [2.24, 2.45) is 5.92 Å².